The number of aryl methyl sites for hydroxylation is 1. The zero-order chi connectivity index (χ0) is 14.0. The van der Waals surface area contributed by atoms with Crippen molar-refractivity contribution >= 4 is 56.1 Å². The first-order valence-corrected chi connectivity index (χ1v) is 8.10. The average Bonchev–Trinajstić information content (AvgIpc) is 2.86. The van der Waals surface area contributed by atoms with Crippen molar-refractivity contribution in [3.8, 4) is 0 Å². The minimum Gasteiger partial charge on any atom is -0.350 e. The highest BCUT2D eigenvalue weighted by atomic mass is 79.9. The predicted molar refractivity (Wildman–Crippen MR) is 78.7 cm³/mol. The lowest BCUT2D eigenvalue weighted by atomic mass is 10.3. The van der Waals surface area contributed by atoms with Crippen molar-refractivity contribution in [2.24, 2.45) is 0 Å². The van der Waals surface area contributed by atoms with Gasteiger partial charge in [-0.15, -0.1) is 11.3 Å². The van der Waals surface area contributed by atoms with Gasteiger partial charge in [-0.05, 0) is 34.5 Å². The number of carbonyl (C=O) groups is 3. The summed E-state index contributed by atoms with van der Waals surface area (Å²) in [6, 6.07) is 1.80. The highest BCUT2D eigenvalue weighted by molar-refractivity contribution is 9.11. The van der Waals surface area contributed by atoms with Crippen LogP contribution in [-0.4, -0.2) is 40.8 Å². The molecule has 102 valence electrons. The highest BCUT2D eigenvalue weighted by Gasteiger charge is 2.29. The fraction of sp³-hybridized carbons (Fsp3) is 0.364. The molecule has 0 unspecified atom stereocenters. The second-order valence-electron chi connectivity index (χ2n) is 3.92. The van der Waals surface area contributed by atoms with E-state index >= 15 is 0 Å². The van der Waals surface area contributed by atoms with Crippen molar-refractivity contribution in [1.29, 1.82) is 0 Å². The Bertz CT molecular complexity index is 509. The fourth-order valence-electron chi connectivity index (χ4n) is 1.54. The Morgan fingerprint density at radius 1 is 1.53 bits per heavy atom. The van der Waals surface area contributed by atoms with E-state index < -0.39 is 0 Å². The summed E-state index contributed by atoms with van der Waals surface area (Å²) >= 11 is 5.71. The van der Waals surface area contributed by atoms with E-state index in [2.05, 4.69) is 21.2 Å². The van der Waals surface area contributed by atoms with E-state index in [-0.39, 0.29) is 35.9 Å². The molecule has 2 rings (SSSR count). The molecule has 2 heterocycles. The van der Waals surface area contributed by atoms with E-state index in [1.807, 2.05) is 6.92 Å². The third-order valence-corrected chi connectivity index (χ3v) is 5.54. The Morgan fingerprint density at radius 3 is 2.79 bits per heavy atom. The van der Waals surface area contributed by atoms with Gasteiger partial charge in [0.25, 0.3) is 11.1 Å². The van der Waals surface area contributed by atoms with Crippen molar-refractivity contribution in [2.45, 2.75) is 6.92 Å². The number of amides is 3. The summed E-state index contributed by atoms with van der Waals surface area (Å²) in [5, 5.41) is 2.46. The fourth-order valence-corrected chi connectivity index (χ4v) is 3.74. The lowest BCUT2D eigenvalue weighted by molar-refractivity contribution is -0.124. The molecule has 1 aromatic heterocycles. The van der Waals surface area contributed by atoms with E-state index in [4.69, 9.17) is 0 Å². The van der Waals surface area contributed by atoms with E-state index in [9.17, 15) is 14.4 Å². The molecule has 1 saturated heterocycles. The van der Waals surface area contributed by atoms with Crippen molar-refractivity contribution in [3.63, 3.8) is 0 Å². The minimum absolute atomic E-state index is 0.189. The van der Waals surface area contributed by atoms with Gasteiger partial charge >= 0.3 is 0 Å². The highest BCUT2D eigenvalue weighted by Crippen LogP contribution is 2.27. The van der Waals surface area contributed by atoms with Gasteiger partial charge in [-0.1, -0.05) is 11.8 Å². The molecule has 0 aromatic carbocycles. The summed E-state index contributed by atoms with van der Waals surface area (Å²) in [6.45, 7) is 2.41. The van der Waals surface area contributed by atoms with Gasteiger partial charge in [-0.2, -0.15) is 0 Å². The van der Waals surface area contributed by atoms with Crippen LogP contribution in [0.5, 0.6) is 0 Å². The molecule has 0 bridgehead atoms. The van der Waals surface area contributed by atoms with Crippen molar-refractivity contribution in [1.82, 2.24) is 10.2 Å². The van der Waals surface area contributed by atoms with Crippen LogP contribution in [0.3, 0.4) is 0 Å². The summed E-state index contributed by atoms with van der Waals surface area (Å²) in [4.78, 5) is 36.3. The standard InChI is InChI=1S/C11H11BrN2O3S2/c1-6-4-7(19-9(6)12)10(16)13-2-3-14-8(15)5-18-11(14)17/h4H,2-3,5H2,1H3,(H,13,16). The molecule has 1 fully saturated rings. The molecule has 5 nitrogen and oxygen atoms in total. The van der Waals surface area contributed by atoms with Crippen molar-refractivity contribution in [3.05, 3.63) is 20.3 Å². The molecular weight excluding hydrogens is 352 g/mol. The van der Waals surface area contributed by atoms with Gasteiger partial charge in [0.05, 0.1) is 14.4 Å². The maximum atomic E-state index is 11.8. The molecule has 1 aromatic rings. The van der Waals surface area contributed by atoms with Crippen LogP contribution in [0.1, 0.15) is 15.2 Å². The number of halogens is 1. The maximum Gasteiger partial charge on any atom is 0.288 e. The SMILES string of the molecule is Cc1cc(C(=O)NCCN2C(=O)CSC2=O)sc1Br. The molecule has 1 aliphatic heterocycles. The summed E-state index contributed by atoms with van der Waals surface area (Å²) in [7, 11) is 0. The number of thioether (sulfide) groups is 1. The molecule has 1 N–H and O–H groups in total. The Labute approximate surface area is 126 Å². The topological polar surface area (TPSA) is 66.5 Å². The molecule has 0 saturated carbocycles. The molecule has 19 heavy (non-hydrogen) atoms. The largest absolute Gasteiger partial charge is 0.350 e. The summed E-state index contributed by atoms with van der Waals surface area (Å²) in [6.07, 6.45) is 0. The van der Waals surface area contributed by atoms with Crippen molar-refractivity contribution < 1.29 is 14.4 Å². The first-order valence-electron chi connectivity index (χ1n) is 5.50. The number of hydrogen-bond donors (Lipinski definition) is 1. The zero-order valence-electron chi connectivity index (χ0n) is 10.1. The molecule has 0 spiro atoms. The second-order valence-corrected chi connectivity index (χ2v) is 7.22. The Kier molecular flexibility index (Phi) is 4.64. The van der Waals surface area contributed by atoms with Crippen molar-refractivity contribution in [2.75, 3.05) is 18.8 Å². The number of hydrogen-bond acceptors (Lipinski definition) is 5. The Balaban J connectivity index is 1.84. The van der Waals surface area contributed by atoms with Crippen LogP contribution < -0.4 is 5.32 Å². The van der Waals surface area contributed by atoms with E-state index in [1.54, 1.807) is 6.07 Å². The summed E-state index contributed by atoms with van der Waals surface area (Å²) < 4.78 is 0.930. The van der Waals surface area contributed by atoms with Crippen LogP contribution in [0.15, 0.2) is 9.85 Å². The van der Waals surface area contributed by atoms with Crippen LogP contribution in [0.2, 0.25) is 0 Å². The summed E-state index contributed by atoms with van der Waals surface area (Å²) in [5.74, 6) is -0.186. The smallest absolute Gasteiger partial charge is 0.288 e. The van der Waals surface area contributed by atoms with Gasteiger partial charge in [-0.3, -0.25) is 19.3 Å². The summed E-state index contributed by atoms with van der Waals surface area (Å²) in [5.41, 5.74) is 1.01. The predicted octanol–water partition coefficient (Wildman–Crippen LogP) is 2.24. The van der Waals surface area contributed by atoms with Gasteiger partial charge in [0.2, 0.25) is 5.91 Å². The van der Waals surface area contributed by atoms with Crippen LogP contribution in [-0.2, 0) is 4.79 Å². The van der Waals surface area contributed by atoms with E-state index in [0.29, 0.717) is 4.88 Å². The first-order chi connectivity index (χ1) is 8.99. The molecule has 0 aliphatic carbocycles. The first kappa shape index (κ1) is 14.5. The van der Waals surface area contributed by atoms with Gasteiger partial charge < -0.3 is 5.32 Å². The monoisotopic (exact) mass is 362 g/mol. The second kappa shape index (κ2) is 6.06. The Hall–Kier alpha value is -0.860. The molecular formula is C11H11BrN2O3S2. The number of thiophene rings is 1. The number of nitrogens with zero attached hydrogens (tertiary/aromatic N) is 1. The normalized spacial score (nSPS) is 15.2. The number of rotatable bonds is 4. The van der Waals surface area contributed by atoms with Crippen LogP contribution in [0.25, 0.3) is 0 Å². The molecule has 3 amide bonds. The number of imide groups is 1. The van der Waals surface area contributed by atoms with E-state index in [0.717, 1.165) is 21.1 Å². The average molecular weight is 363 g/mol. The Morgan fingerprint density at radius 2 is 2.26 bits per heavy atom. The van der Waals surface area contributed by atoms with Gasteiger partial charge in [0.1, 0.15) is 0 Å². The minimum atomic E-state index is -0.242. The van der Waals surface area contributed by atoms with Gasteiger partial charge in [-0.25, -0.2) is 0 Å². The van der Waals surface area contributed by atoms with Gasteiger partial charge in [0.15, 0.2) is 0 Å². The molecule has 8 heteroatoms. The van der Waals surface area contributed by atoms with Gasteiger partial charge in [0, 0.05) is 13.1 Å². The third kappa shape index (κ3) is 3.37. The van der Waals surface area contributed by atoms with Crippen LogP contribution >= 0.6 is 39.0 Å². The lowest BCUT2D eigenvalue weighted by Crippen LogP contribution is -2.37. The number of carbonyl (C=O) groups excluding carboxylic acids is 3. The molecule has 0 radical (unpaired) electrons. The lowest BCUT2D eigenvalue weighted by Gasteiger charge is -2.12. The van der Waals surface area contributed by atoms with E-state index in [1.165, 1.54) is 16.2 Å². The molecule has 1 aliphatic rings. The zero-order valence-corrected chi connectivity index (χ0v) is 13.3. The van der Waals surface area contributed by atoms with Crippen LogP contribution in [0.4, 0.5) is 4.79 Å². The molecule has 0 atom stereocenters. The third-order valence-electron chi connectivity index (χ3n) is 2.54. The quantitative estimate of drug-likeness (QED) is 0.891. The van der Waals surface area contributed by atoms with Crippen LogP contribution in [0, 0.1) is 6.92 Å². The number of nitrogens with one attached hydrogen (secondary N) is 1. The maximum absolute atomic E-state index is 11.8.